The molecular weight excluding hydrogens is 1480 g/mol. The van der Waals surface area contributed by atoms with E-state index in [0.29, 0.717) is 0 Å². The van der Waals surface area contributed by atoms with E-state index in [-0.39, 0.29) is 12.8 Å². The number of thiol groups is 1. The lowest BCUT2D eigenvalue weighted by Crippen LogP contribution is -2.63. The molecule has 0 saturated heterocycles. The predicted molar refractivity (Wildman–Crippen MR) is 373 cm³/mol. The number of nitrogens with two attached hydrogens (primary N) is 1. The van der Waals surface area contributed by atoms with E-state index in [9.17, 15) is 131 Å². The second-order valence-corrected chi connectivity index (χ2v) is 26.6. The van der Waals surface area contributed by atoms with E-state index in [1.54, 1.807) is 27.7 Å². The zero-order chi connectivity index (χ0) is 84.2. The van der Waals surface area contributed by atoms with Crippen LogP contribution in [-0.4, -0.2) is 280 Å². The number of hydrogen-bond acceptors (Lipinski definition) is 25. The van der Waals surface area contributed by atoms with E-state index in [1.165, 1.54) is 27.7 Å². The summed E-state index contributed by atoms with van der Waals surface area (Å²) < 4.78 is 0. The van der Waals surface area contributed by atoms with E-state index < -0.39 is 309 Å². The number of carbonyl (C=O) groups excluding carboxylic acids is 14. The Morgan fingerprint density at radius 1 is 0.330 bits per heavy atom. The van der Waals surface area contributed by atoms with Crippen LogP contribution in [0, 0.1) is 23.7 Å². The smallest absolute Gasteiger partial charge is 0.326 e. The minimum Gasteiger partial charge on any atom is -0.481 e. The lowest BCUT2D eigenvalue weighted by Gasteiger charge is -2.30. The summed E-state index contributed by atoms with van der Waals surface area (Å²) >= 11 is 4.11. The summed E-state index contributed by atoms with van der Waals surface area (Å²) in [5, 5.41) is 118. The predicted octanol–water partition coefficient (Wildman–Crippen LogP) is -8.83. The molecular formula is C63H101N15O30S. The molecule has 614 valence electrons. The third kappa shape index (κ3) is 37.5. The number of amides is 14. The molecule has 0 heterocycles. The summed E-state index contributed by atoms with van der Waals surface area (Å²) in [6, 6.07) is -23.9. The minimum absolute atomic E-state index is 0.238. The molecule has 0 rings (SSSR count). The first kappa shape index (κ1) is 98.1. The second kappa shape index (κ2) is 48.4. The number of rotatable bonds is 52. The number of hydrogen-bond donors (Lipinski definition) is 25. The first-order chi connectivity index (χ1) is 50.5. The fraction of sp³-hybridized carbons (Fsp3) is 0.667. The number of aliphatic hydroxyl groups is 2. The number of aliphatic carboxylic acids is 7. The van der Waals surface area contributed by atoms with Gasteiger partial charge in [0.25, 0.3) is 0 Å². The van der Waals surface area contributed by atoms with Crippen molar-refractivity contribution >= 4 is 137 Å². The lowest BCUT2D eigenvalue weighted by atomic mass is 9.96. The number of nitrogens with one attached hydrogen (secondary N) is 14. The Morgan fingerprint density at radius 2 is 0.651 bits per heavy atom. The van der Waals surface area contributed by atoms with Crippen LogP contribution < -0.4 is 80.2 Å². The van der Waals surface area contributed by atoms with Crippen molar-refractivity contribution in [2.24, 2.45) is 29.4 Å². The Hall–Kier alpha value is -10.9. The molecule has 0 aromatic heterocycles. The highest BCUT2D eigenvalue weighted by molar-refractivity contribution is 7.80. The van der Waals surface area contributed by atoms with Gasteiger partial charge in [-0.3, -0.25) is 95.9 Å². The maximum Gasteiger partial charge on any atom is 0.326 e. The monoisotopic (exact) mass is 1580 g/mol. The average molecular weight is 1580 g/mol. The fourth-order valence-electron chi connectivity index (χ4n) is 9.61. The normalized spacial score (nSPS) is 15.5. The van der Waals surface area contributed by atoms with E-state index in [0.717, 1.165) is 13.8 Å². The largest absolute Gasteiger partial charge is 0.481 e. The van der Waals surface area contributed by atoms with Crippen LogP contribution in [0.3, 0.4) is 0 Å². The molecule has 0 aliphatic heterocycles. The van der Waals surface area contributed by atoms with Crippen molar-refractivity contribution in [2.75, 3.05) is 18.8 Å². The van der Waals surface area contributed by atoms with Crippen molar-refractivity contribution in [1.29, 1.82) is 0 Å². The van der Waals surface area contributed by atoms with E-state index in [1.807, 2.05) is 16.0 Å². The third-order valence-corrected chi connectivity index (χ3v) is 16.1. The first-order valence-corrected chi connectivity index (χ1v) is 34.6. The molecule has 0 aliphatic rings. The van der Waals surface area contributed by atoms with Gasteiger partial charge in [-0.2, -0.15) is 12.6 Å². The quantitative estimate of drug-likeness (QED) is 0.0252. The summed E-state index contributed by atoms with van der Waals surface area (Å²) in [4.78, 5) is 270. The van der Waals surface area contributed by atoms with Crippen molar-refractivity contribution in [3.05, 3.63) is 0 Å². The molecule has 0 bridgehead atoms. The highest BCUT2D eigenvalue weighted by atomic mass is 32.1. The molecule has 14 amide bonds. The molecule has 0 aromatic rings. The van der Waals surface area contributed by atoms with Crippen molar-refractivity contribution in [2.45, 2.75) is 224 Å². The second-order valence-electron chi connectivity index (χ2n) is 26.3. The minimum atomic E-state index is -2.13. The van der Waals surface area contributed by atoms with Gasteiger partial charge >= 0.3 is 41.8 Å². The van der Waals surface area contributed by atoms with Crippen LogP contribution in [0.15, 0.2) is 0 Å². The molecule has 0 radical (unpaired) electrons. The molecule has 0 aromatic carbocycles. The maximum absolute atomic E-state index is 14.2. The van der Waals surface area contributed by atoms with Gasteiger partial charge in [-0.15, -0.1) is 0 Å². The molecule has 25 N–H and O–H groups in total. The van der Waals surface area contributed by atoms with Crippen molar-refractivity contribution in [3.63, 3.8) is 0 Å². The third-order valence-electron chi connectivity index (χ3n) is 15.8. The Labute approximate surface area is 628 Å². The van der Waals surface area contributed by atoms with Gasteiger partial charge in [0.05, 0.1) is 57.0 Å². The average Bonchev–Trinajstić information content (AvgIpc) is 0.850. The van der Waals surface area contributed by atoms with Crippen LogP contribution >= 0.6 is 12.6 Å². The van der Waals surface area contributed by atoms with Crippen LogP contribution in [0.1, 0.15) is 133 Å². The van der Waals surface area contributed by atoms with E-state index >= 15 is 0 Å². The van der Waals surface area contributed by atoms with Crippen LogP contribution in [-0.2, 0) is 101 Å². The fourth-order valence-corrected chi connectivity index (χ4v) is 9.86. The van der Waals surface area contributed by atoms with Crippen LogP contribution in [0.2, 0.25) is 0 Å². The van der Waals surface area contributed by atoms with Gasteiger partial charge in [-0.05, 0) is 56.8 Å². The molecule has 0 saturated carbocycles. The Morgan fingerprint density at radius 3 is 1.03 bits per heavy atom. The van der Waals surface area contributed by atoms with Gasteiger partial charge in [0.2, 0.25) is 82.7 Å². The highest BCUT2D eigenvalue weighted by Gasteiger charge is 2.41. The molecule has 0 fully saturated rings. The lowest BCUT2D eigenvalue weighted by molar-refractivity contribution is -0.147. The van der Waals surface area contributed by atoms with Crippen LogP contribution in [0.4, 0.5) is 0 Å². The summed E-state index contributed by atoms with van der Waals surface area (Å²) in [6.45, 7) is 12.3. The highest BCUT2D eigenvalue weighted by Crippen LogP contribution is 2.15. The molecule has 0 aliphatic carbocycles. The van der Waals surface area contributed by atoms with Gasteiger partial charge in [0, 0.05) is 18.6 Å². The molecule has 0 unspecified atom stereocenters. The van der Waals surface area contributed by atoms with Gasteiger partial charge in [-0.25, -0.2) is 4.79 Å². The van der Waals surface area contributed by atoms with Crippen molar-refractivity contribution < 1.29 is 147 Å². The van der Waals surface area contributed by atoms with E-state index in [4.69, 9.17) is 21.1 Å². The zero-order valence-corrected chi connectivity index (χ0v) is 62.2. The van der Waals surface area contributed by atoms with Gasteiger partial charge in [0.15, 0.2) is 0 Å². The summed E-state index contributed by atoms with van der Waals surface area (Å²) in [5.41, 5.74) is 5.51. The SMILES string of the molecule is CC[C@H](C)[C@H](NC(=O)[C@@H](NC(=O)[C@H](CCC(=O)O)NC(=O)[C@H](CS)NC(=O)[C@@H](NC(=O)[C@H](CCC(=O)O)NC(=O)[C@H](CC(C)C)NC(=O)[C@@H](NC(=O)[C@@H](NC(=O)[C@H](CC(=O)O)NC(=O)[C@H](CC(=O)O)NC(=O)[C@@H](N)CC(=O)O)C(C)C)[C@@H](C)O)[C@@H](C)O)C(C)C)C(=O)NCC(=O)NCC(=O)N[C@@H](CC(=O)O)C(=O)O. The summed E-state index contributed by atoms with van der Waals surface area (Å²) in [5.74, 6) is -31.8. The molecule has 16 atom stereocenters. The number of carboxylic acid groups (broad SMARTS) is 7. The van der Waals surface area contributed by atoms with Crippen molar-refractivity contribution in [1.82, 2.24) is 74.4 Å². The standard InChI is InChI=1S/C63H101N15O30S/c1-11-27(8)48(58(102)66-21-38(81)65-22-39(82)67-36(63(107)108)20-45(93)94)76-59(103)46(25(4)5)74-52(96)31(12-14-40(83)84)69-57(101)37(23-109)73-62(106)49(28(9)79)77-53(97)32(13-15-41(85)86)68-54(98)33(16-24(2)3)72-61(105)50(29(10)80)78-60(104)47(26(6)7)75-56(100)35(19-44(91)92)71-55(99)34(18-43(89)90)70-51(95)30(64)17-42(87)88/h24-37,46-50,79-80,109H,11-23,64H2,1-10H3,(H,65,81)(H,66,102)(H,67,82)(H,68,98)(H,69,101)(H,70,95)(H,71,99)(H,72,105)(H,73,106)(H,74,96)(H,75,100)(H,76,103)(H,77,97)(H,78,104)(H,83,84)(H,85,86)(H,87,88)(H,89,90)(H,91,92)(H,93,94)(H,107,108)/t27-,28+,29+,30-,31-,32-,33-,34-,35-,36-,37-,46-,47-,48-,49-,50-/m0/s1. The Balaban J connectivity index is 6.76. The first-order valence-electron chi connectivity index (χ1n) is 33.9. The van der Waals surface area contributed by atoms with Crippen LogP contribution in [0.5, 0.6) is 0 Å². The number of aliphatic hydroxyl groups excluding tert-OH is 2. The molecule has 109 heavy (non-hydrogen) atoms. The van der Waals surface area contributed by atoms with Gasteiger partial charge in [0.1, 0.15) is 72.5 Å². The summed E-state index contributed by atoms with van der Waals surface area (Å²) in [7, 11) is 0. The van der Waals surface area contributed by atoms with Crippen molar-refractivity contribution in [3.8, 4) is 0 Å². The molecule has 45 nitrogen and oxygen atoms in total. The maximum atomic E-state index is 14.2. The number of carboxylic acids is 7. The number of carbonyl (C=O) groups is 21. The zero-order valence-electron chi connectivity index (χ0n) is 61.3. The van der Waals surface area contributed by atoms with E-state index in [2.05, 4.69) is 71.1 Å². The topological polar surface area (TPSA) is 735 Å². The Bertz CT molecular complexity index is 3300. The van der Waals surface area contributed by atoms with Gasteiger partial charge < -0.3 is 126 Å². The van der Waals surface area contributed by atoms with Gasteiger partial charge in [-0.1, -0.05) is 61.8 Å². The summed E-state index contributed by atoms with van der Waals surface area (Å²) in [6.07, 6.45) is -11.2. The Kier molecular flexibility index (Phi) is 43.6. The molecule has 46 heteroatoms. The molecule has 0 spiro atoms. The van der Waals surface area contributed by atoms with Crippen LogP contribution in [0.25, 0.3) is 0 Å².